The number of carbonyl (C=O) groups excluding carboxylic acids is 4. The first-order valence-corrected chi connectivity index (χ1v) is 15.6. The minimum atomic E-state index is -1.35. The molecule has 1 spiro atoms. The Bertz CT molecular complexity index is 1250. The molecule has 4 aliphatic heterocycles. The Morgan fingerprint density at radius 2 is 1.81 bits per heavy atom. The van der Waals surface area contributed by atoms with Crippen molar-refractivity contribution >= 4 is 23.7 Å². The maximum absolute atomic E-state index is 14.3. The van der Waals surface area contributed by atoms with Gasteiger partial charge >= 0.3 is 5.97 Å². The summed E-state index contributed by atoms with van der Waals surface area (Å²) < 4.78 is 12.9. The second-order valence-electron chi connectivity index (χ2n) is 11.9. The number of ether oxygens (including phenoxy) is 2. The number of nitrogens with one attached hydrogen (secondary N) is 1. The summed E-state index contributed by atoms with van der Waals surface area (Å²) in [6.07, 6.45) is 9.05. The molecule has 10 nitrogen and oxygen atoms in total. The number of unbranched alkanes of at least 4 members (excludes halogenated alkanes) is 2. The van der Waals surface area contributed by atoms with Crippen molar-refractivity contribution in [3.8, 4) is 0 Å². The van der Waals surface area contributed by atoms with Gasteiger partial charge in [0.05, 0.1) is 18.1 Å². The second kappa shape index (κ2) is 13.4. The zero-order valence-corrected chi connectivity index (χ0v) is 25.0. The van der Waals surface area contributed by atoms with E-state index in [1.807, 2.05) is 42.5 Å². The van der Waals surface area contributed by atoms with Crippen LogP contribution in [-0.2, 0) is 28.7 Å². The molecule has 0 bridgehead atoms. The molecular weight excluding hydrogens is 550 g/mol. The average Bonchev–Trinajstić information content (AvgIpc) is 3.38. The maximum atomic E-state index is 14.3. The molecule has 5 rings (SSSR count). The Morgan fingerprint density at radius 3 is 2.56 bits per heavy atom. The first-order chi connectivity index (χ1) is 20.8. The van der Waals surface area contributed by atoms with Crippen molar-refractivity contribution < 1.29 is 33.8 Å². The molecule has 0 aliphatic carbocycles. The van der Waals surface area contributed by atoms with Gasteiger partial charge in [0.2, 0.25) is 17.7 Å². The first kappa shape index (κ1) is 30.9. The number of esters is 1. The van der Waals surface area contributed by atoms with E-state index in [1.165, 1.54) is 0 Å². The van der Waals surface area contributed by atoms with Crippen LogP contribution in [-0.4, -0.2) is 88.6 Å². The average molecular weight is 594 g/mol. The van der Waals surface area contributed by atoms with Gasteiger partial charge in [-0.25, -0.2) is 0 Å². The summed E-state index contributed by atoms with van der Waals surface area (Å²) in [5.74, 6) is -3.25. The van der Waals surface area contributed by atoms with E-state index in [-0.39, 0.29) is 37.3 Å². The third-order valence-electron chi connectivity index (χ3n) is 9.02. The van der Waals surface area contributed by atoms with Crippen LogP contribution in [0.25, 0.3) is 0 Å². The summed E-state index contributed by atoms with van der Waals surface area (Å²) in [7, 11) is 0. The number of hydrogen-bond acceptors (Lipinski definition) is 7. The molecule has 3 amide bonds. The zero-order chi connectivity index (χ0) is 30.6. The van der Waals surface area contributed by atoms with Crippen LogP contribution in [0.4, 0.5) is 0 Å². The number of aliphatic hydroxyl groups excluding tert-OH is 1. The number of hydrogen-bond donors (Lipinski definition) is 2. The molecule has 0 saturated carbocycles. The third-order valence-corrected chi connectivity index (χ3v) is 9.02. The van der Waals surface area contributed by atoms with Crippen molar-refractivity contribution in [2.45, 2.75) is 82.3 Å². The van der Waals surface area contributed by atoms with E-state index in [2.05, 4.69) is 12.2 Å². The highest BCUT2D eigenvalue weighted by Crippen LogP contribution is 2.53. The first-order valence-electron chi connectivity index (χ1n) is 15.6. The molecule has 1 aromatic carbocycles. The van der Waals surface area contributed by atoms with Gasteiger partial charge in [-0.2, -0.15) is 0 Å². The largest absolute Gasteiger partial charge is 0.455 e. The summed E-state index contributed by atoms with van der Waals surface area (Å²) in [5.41, 5.74) is -0.631. The highest BCUT2D eigenvalue weighted by molar-refractivity contribution is 5.99. The van der Waals surface area contributed by atoms with Crippen LogP contribution in [0, 0.1) is 11.8 Å². The summed E-state index contributed by atoms with van der Waals surface area (Å²) in [5, 5.41) is 12.4. The number of allylic oxidation sites excluding steroid dienone is 1. The molecule has 1 aromatic rings. The Balaban J connectivity index is 1.57. The molecule has 0 aromatic heterocycles. The number of aliphatic hydroxyl groups is 1. The Kier molecular flexibility index (Phi) is 9.66. The van der Waals surface area contributed by atoms with Gasteiger partial charge in [0, 0.05) is 32.7 Å². The number of benzene rings is 1. The van der Waals surface area contributed by atoms with E-state index in [0.717, 1.165) is 18.4 Å². The molecule has 0 radical (unpaired) electrons. The molecule has 4 heterocycles. The minimum Gasteiger partial charge on any atom is -0.455 e. The van der Waals surface area contributed by atoms with Gasteiger partial charge in [-0.15, -0.1) is 0 Å². The van der Waals surface area contributed by atoms with E-state index >= 15 is 0 Å². The fraction of sp³-hybridized carbons (Fsp3) is 0.576. The fourth-order valence-corrected chi connectivity index (χ4v) is 6.94. The van der Waals surface area contributed by atoms with E-state index in [0.29, 0.717) is 32.4 Å². The van der Waals surface area contributed by atoms with Crippen molar-refractivity contribution in [3.63, 3.8) is 0 Å². The topological polar surface area (TPSA) is 125 Å². The molecular formula is C33H43N3O7. The SMILES string of the molecule is CCCCN1CC=C[C@]23O[C@@H]4/C=C\CCC(=O)N[C@H](C)[C@@H](c5ccccc5)OC(=O)[C@@H]4[C@H]2C(=O)N(CCCCO)[C@@H]3C1=O. The number of nitrogens with zero attached hydrogens (tertiary/aromatic N) is 2. The lowest BCUT2D eigenvalue weighted by Crippen LogP contribution is -2.55. The van der Waals surface area contributed by atoms with Crippen LogP contribution in [0.3, 0.4) is 0 Å². The van der Waals surface area contributed by atoms with Gasteiger partial charge in [0.1, 0.15) is 23.7 Å². The number of amides is 3. The predicted molar refractivity (Wildman–Crippen MR) is 158 cm³/mol. The van der Waals surface area contributed by atoms with E-state index in [9.17, 15) is 24.3 Å². The summed E-state index contributed by atoms with van der Waals surface area (Å²) in [6, 6.07) is 7.77. The monoisotopic (exact) mass is 593 g/mol. The van der Waals surface area contributed by atoms with Crippen molar-refractivity contribution in [3.05, 3.63) is 60.2 Å². The van der Waals surface area contributed by atoms with Crippen LogP contribution >= 0.6 is 0 Å². The van der Waals surface area contributed by atoms with E-state index < -0.39 is 47.7 Å². The van der Waals surface area contributed by atoms with Crippen molar-refractivity contribution in [2.75, 3.05) is 26.2 Å². The highest BCUT2D eigenvalue weighted by atomic mass is 16.6. The highest BCUT2D eigenvalue weighted by Gasteiger charge is 2.71. The maximum Gasteiger partial charge on any atom is 0.313 e. The van der Waals surface area contributed by atoms with Crippen molar-refractivity contribution in [2.24, 2.45) is 11.8 Å². The third kappa shape index (κ3) is 5.99. The van der Waals surface area contributed by atoms with Crippen molar-refractivity contribution in [1.29, 1.82) is 0 Å². The number of rotatable bonds is 8. The molecule has 7 atom stereocenters. The lowest BCUT2D eigenvalue weighted by molar-refractivity contribution is -0.161. The van der Waals surface area contributed by atoms with Crippen molar-refractivity contribution in [1.82, 2.24) is 15.1 Å². The van der Waals surface area contributed by atoms with Crippen LogP contribution in [0.1, 0.15) is 64.0 Å². The van der Waals surface area contributed by atoms with E-state index in [4.69, 9.17) is 9.47 Å². The Hall–Kier alpha value is -3.50. The van der Waals surface area contributed by atoms with Crippen LogP contribution in [0.2, 0.25) is 0 Å². The normalized spacial score (nSPS) is 33.5. The lowest BCUT2D eigenvalue weighted by atomic mass is 9.77. The smallest absolute Gasteiger partial charge is 0.313 e. The molecule has 2 N–H and O–H groups in total. The number of cyclic esters (lactones) is 1. The minimum absolute atomic E-state index is 0.0222. The molecule has 232 valence electrons. The quantitative estimate of drug-likeness (QED) is 0.270. The lowest BCUT2D eigenvalue weighted by Gasteiger charge is -2.35. The Morgan fingerprint density at radius 1 is 1.02 bits per heavy atom. The second-order valence-corrected chi connectivity index (χ2v) is 11.9. The number of carbonyl (C=O) groups is 4. The standard InChI is InChI=1S/C33H43N3O7/c1-3-4-18-35-19-12-17-33-27(30(39)36(20-10-11-21-37)29(33)31(35)40)26-24(43-33)15-8-9-16-25(38)34-22(2)28(42-32(26)41)23-13-6-5-7-14-23/h5-8,12-15,17,22,24,26-29,37H,3-4,9-11,16,18-21H2,1-2H3,(H,34,38)/b15-8-/t22-,24-,26+,27+,28+,29-,33+/m1/s1. The fourth-order valence-electron chi connectivity index (χ4n) is 6.94. The summed E-state index contributed by atoms with van der Waals surface area (Å²) >= 11 is 0. The predicted octanol–water partition coefficient (Wildman–Crippen LogP) is 2.68. The van der Waals surface area contributed by atoms with Gasteiger partial charge in [-0.1, -0.05) is 68.0 Å². The zero-order valence-electron chi connectivity index (χ0n) is 25.0. The van der Waals surface area contributed by atoms with Crippen LogP contribution in [0.5, 0.6) is 0 Å². The number of likely N-dealkylation sites (tertiary alicyclic amines) is 1. The van der Waals surface area contributed by atoms with Crippen LogP contribution < -0.4 is 5.32 Å². The Labute approximate surface area is 253 Å². The van der Waals surface area contributed by atoms with Gasteiger partial charge in [-0.3, -0.25) is 19.2 Å². The summed E-state index contributed by atoms with van der Waals surface area (Å²) in [6.45, 7) is 5.06. The molecule has 43 heavy (non-hydrogen) atoms. The molecule has 2 fully saturated rings. The van der Waals surface area contributed by atoms with Gasteiger partial charge in [-0.05, 0) is 38.2 Å². The van der Waals surface area contributed by atoms with Gasteiger partial charge in [0.15, 0.2) is 0 Å². The van der Waals surface area contributed by atoms with Crippen LogP contribution in [0.15, 0.2) is 54.6 Å². The number of fused-ring (bicyclic) bond motifs is 2. The summed E-state index contributed by atoms with van der Waals surface area (Å²) in [4.78, 5) is 58.8. The van der Waals surface area contributed by atoms with Gasteiger partial charge < -0.3 is 29.7 Å². The van der Waals surface area contributed by atoms with E-state index in [1.54, 1.807) is 28.9 Å². The van der Waals surface area contributed by atoms with Gasteiger partial charge in [0.25, 0.3) is 0 Å². The molecule has 2 saturated heterocycles. The molecule has 10 heteroatoms. The molecule has 4 aliphatic rings. The molecule has 0 unspecified atom stereocenters.